The molecule has 1 aliphatic heterocycles. The number of halogens is 6. The van der Waals surface area contributed by atoms with Crippen LogP contribution in [0.25, 0.3) is 0 Å². The third-order valence-electron chi connectivity index (χ3n) is 4.21. The highest BCUT2D eigenvalue weighted by molar-refractivity contribution is 6.02. The van der Waals surface area contributed by atoms with Crippen molar-refractivity contribution >= 4 is 11.6 Å². The maximum Gasteiger partial charge on any atom is 0.422 e. The Morgan fingerprint density at radius 2 is 2.06 bits per heavy atom. The third-order valence-corrected chi connectivity index (χ3v) is 4.21. The molecule has 0 aliphatic carbocycles. The number of rotatable bonds is 6. The molecular formula is C18H15F6N5O3. The van der Waals surface area contributed by atoms with E-state index in [2.05, 4.69) is 25.3 Å². The number of amides is 1. The lowest BCUT2D eigenvalue weighted by atomic mass is 9.89. The molecule has 0 bridgehead atoms. The number of nitrogens with two attached hydrogens (primary N) is 1. The van der Waals surface area contributed by atoms with Crippen LogP contribution >= 0.6 is 0 Å². The summed E-state index contributed by atoms with van der Waals surface area (Å²) in [5.74, 6) is -2.58. The number of ether oxygens (including phenoxy) is 2. The minimum atomic E-state index is -4.58. The molecule has 2 heterocycles. The van der Waals surface area contributed by atoms with E-state index in [0.717, 1.165) is 36.9 Å². The van der Waals surface area contributed by atoms with Crippen LogP contribution in [0.3, 0.4) is 0 Å². The lowest BCUT2D eigenvalue weighted by Crippen LogP contribution is -2.55. The maximum absolute atomic E-state index is 14.4. The van der Waals surface area contributed by atoms with Crippen molar-refractivity contribution in [1.82, 2.24) is 15.3 Å². The lowest BCUT2D eigenvalue weighted by Gasteiger charge is -2.37. The predicted octanol–water partition coefficient (Wildman–Crippen LogP) is 2.65. The number of carbonyl (C=O) groups excluding carboxylic acids is 1. The Labute approximate surface area is 176 Å². The van der Waals surface area contributed by atoms with E-state index in [1.54, 1.807) is 0 Å². The summed E-state index contributed by atoms with van der Waals surface area (Å²) < 4.78 is 87.9. The van der Waals surface area contributed by atoms with Gasteiger partial charge in [0.1, 0.15) is 30.2 Å². The van der Waals surface area contributed by atoms with Crippen LogP contribution in [-0.2, 0) is 10.3 Å². The van der Waals surface area contributed by atoms with Crippen molar-refractivity contribution in [2.45, 2.75) is 18.1 Å². The summed E-state index contributed by atoms with van der Waals surface area (Å²) in [6.45, 7) is -2.22. The third kappa shape index (κ3) is 5.12. The first-order valence-electron chi connectivity index (χ1n) is 8.77. The molecule has 1 aromatic heterocycles. The number of benzene rings is 1. The summed E-state index contributed by atoms with van der Waals surface area (Å²) in [5, 5.41) is 4.64. The minimum absolute atomic E-state index is 0.0689. The molecule has 14 heteroatoms. The second kappa shape index (κ2) is 8.80. The molecule has 0 fully saturated rings. The molecule has 1 atom stereocenters. The van der Waals surface area contributed by atoms with Crippen LogP contribution in [0.4, 0.5) is 32.0 Å². The molecular weight excluding hydrogens is 448 g/mol. The SMILES string of the molecule is NC1=COC[C@](c2cc(NC(=O)c3cnc(OCC(F)(F)F)cn3)ccc2F)(C(F)F)N1. The average molecular weight is 463 g/mol. The van der Waals surface area contributed by atoms with Gasteiger partial charge in [-0.1, -0.05) is 0 Å². The average Bonchev–Trinajstić information content (AvgIpc) is 2.73. The number of alkyl halides is 5. The van der Waals surface area contributed by atoms with E-state index < -0.39 is 54.5 Å². The molecule has 0 saturated heterocycles. The molecule has 0 saturated carbocycles. The molecule has 4 N–H and O–H groups in total. The van der Waals surface area contributed by atoms with Gasteiger partial charge in [0.15, 0.2) is 12.1 Å². The van der Waals surface area contributed by atoms with E-state index in [1.807, 2.05) is 0 Å². The maximum atomic E-state index is 14.4. The van der Waals surface area contributed by atoms with Gasteiger partial charge >= 0.3 is 6.18 Å². The largest absolute Gasteiger partial charge is 0.494 e. The Hall–Kier alpha value is -3.71. The Morgan fingerprint density at radius 3 is 2.66 bits per heavy atom. The van der Waals surface area contributed by atoms with Gasteiger partial charge < -0.3 is 25.8 Å². The molecule has 1 aliphatic rings. The van der Waals surface area contributed by atoms with Crippen molar-refractivity contribution < 1.29 is 40.6 Å². The van der Waals surface area contributed by atoms with Crippen LogP contribution in [0.15, 0.2) is 42.7 Å². The van der Waals surface area contributed by atoms with Crippen LogP contribution in [0.2, 0.25) is 0 Å². The number of hydrogen-bond donors (Lipinski definition) is 3. The summed E-state index contributed by atoms with van der Waals surface area (Å²) in [6, 6.07) is 2.96. The predicted molar refractivity (Wildman–Crippen MR) is 97.0 cm³/mol. The monoisotopic (exact) mass is 463 g/mol. The zero-order valence-electron chi connectivity index (χ0n) is 15.9. The van der Waals surface area contributed by atoms with Gasteiger partial charge in [-0.05, 0) is 18.2 Å². The van der Waals surface area contributed by atoms with Gasteiger partial charge in [-0.2, -0.15) is 13.2 Å². The van der Waals surface area contributed by atoms with E-state index in [9.17, 15) is 31.1 Å². The van der Waals surface area contributed by atoms with Crippen molar-refractivity contribution in [2.24, 2.45) is 5.73 Å². The molecule has 2 aromatic rings. The highest BCUT2D eigenvalue weighted by Crippen LogP contribution is 2.35. The summed E-state index contributed by atoms with van der Waals surface area (Å²) in [5.41, 5.74) is 2.30. The van der Waals surface area contributed by atoms with Crippen molar-refractivity contribution in [2.75, 3.05) is 18.5 Å². The summed E-state index contributed by atoms with van der Waals surface area (Å²) in [7, 11) is 0. The first-order chi connectivity index (χ1) is 15.0. The molecule has 1 amide bonds. The topological polar surface area (TPSA) is 111 Å². The van der Waals surface area contributed by atoms with Gasteiger partial charge in [-0.15, -0.1) is 0 Å². The summed E-state index contributed by atoms with van der Waals surface area (Å²) >= 11 is 0. The molecule has 8 nitrogen and oxygen atoms in total. The van der Waals surface area contributed by atoms with E-state index in [4.69, 9.17) is 10.5 Å². The molecule has 3 rings (SSSR count). The molecule has 0 radical (unpaired) electrons. The number of aromatic nitrogens is 2. The van der Waals surface area contributed by atoms with Gasteiger partial charge in [0.25, 0.3) is 12.3 Å². The zero-order chi connectivity index (χ0) is 23.5. The van der Waals surface area contributed by atoms with Crippen LogP contribution in [0.1, 0.15) is 16.1 Å². The van der Waals surface area contributed by atoms with Crippen molar-refractivity contribution in [3.05, 3.63) is 59.8 Å². The number of nitrogens with one attached hydrogen (secondary N) is 2. The standard InChI is InChI=1S/C18H15F6N5O3/c19-11-2-1-9(3-10(11)17(16(20)21)7-31-6-13(25)29-17)28-15(30)12-4-27-14(5-26-12)32-8-18(22,23)24/h1-6,16,29H,7-8,25H2,(H,28,30)/t17-/m0/s1. The zero-order valence-corrected chi connectivity index (χ0v) is 15.9. The first kappa shape index (κ1) is 23.0. The highest BCUT2D eigenvalue weighted by atomic mass is 19.4. The van der Waals surface area contributed by atoms with E-state index in [-0.39, 0.29) is 17.2 Å². The van der Waals surface area contributed by atoms with Crippen molar-refractivity contribution in [1.29, 1.82) is 0 Å². The van der Waals surface area contributed by atoms with E-state index >= 15 is 0 Å². The van der Waals surface area contributed by atoms with Crippen molar-refractivity contribution in [3.8, 4) is 5.88 Å². The van der Waals surface area contributed by atoms with Crippen LogP contribution in [0.5, 0.6) is 5.88 Å². The first-order valence-corrected chi connectivity index (χ1v) is 8.77. The molecule has 32 heavy (non-hydrogen) atoms. The lowest BCUT2D eigenvalue weighted by molar-refractivity contribution is -0.154. The van der Waals surface area contributed by atoms with E-state index in [0.29, 0.717) is 0 Å². The molecule has 1 aromatic carbocycles. The quantitative estimate of drug-likeness (QED) is 0.565. The molecule has 0 spiro atoms. The Kier molecular flexibility index (Phi) is 6.32. The number of anilines is 1. The van der Waals surface area contributed by atoms with Gasteiger partial charge in [-0.3, -0.25) is 4.79 Å². The van der Waals surface area contributed by atoms with Gasteiger partial charge in [0, 0.05) is 11.3 Å². The smallest absolute Gasteiger partial charge is 0.422 e. The van der Waals surface area contributed by atoms with Crippen LogP contribution < -0.4 is 21.1 Å². The Bertz CT molecular complexity index is 1020. The van der Waals surface area contributed by atoms with Crippen LogP contribution in [0, 0.1) is 5.82 Å². The Balaban J connectivity index is 1.78. The highest BCUT2D eigenvalue weighted by Gasteiger charge is 2.46. The minimum Gasteiger partial charge on any atom is -0.494 e. The van der Waals surface area contributed by atoms with Gasteiger partial charge in [0.2, 0.25) is 5.88 Å². The fourth-order valence-electron chi connectivity index (χ4n) is 2.77. The molecule has 172 valence electrons. The number of carbonyl (C=O) groups is 1. The number of nitrogens with zero attached hydrogens (tertiary/aromatic N) is 2. The van der Waals surface area contributed by atoms with Crippen LogP contribution in [-0.4, -0.2) is 41.7 Å². The molecule has 0 unspecified atom stereocenters. The summed E-state index contributed by atoms with van der Waals surface area (Å²) in [4.78, 5) is 19.5. The normalized spacial score (nSPS) is 18.4. The van der Waals surface area contributed by atoms with Gasteiger partial charge in [-0.25, -0.2) is 23.1 Å². The number of hydrogen-bond acceptors (Lipinski definition) is 7. The summed E-state index contributed by atoms with van der Waals surface area (Å²) in [6.07, 6.45) is -5.04. The fourth-order valence-corrected chi connectivity index (χ4v) is 2.77. The van der Waals surface area contributed by atoms with Gasteiger partial charge in [0.05, 0.1) is 12.4 Å². The second-order valence-corrected chi connectivity index (χ2v) is 6.57. The second-order valence-electron chi connectivity index (χ2n) is 6.57. The fraction of sp³-hybridized carbons (Fsp3) is 0.278. The van der Waals surface area contributed by atoms with Crippen molar-refractivity contribution in [3.63, 3.8) is 0 Å². The van der Waals surface area contributed by atoms with E-state index in [1.165, 1.54) is 0 Å². The Morgan fingerprint density at radius 1 is 1.31 bits per heavy atom.